The van der Waals surface area contributed by atoms with Gasteiger partial charge in [-0.2, -0.15) is 0 Å². The molecule has 1 aromatic carbocycles. The van der Waals surface area contributed by atoms with Crippen molar-refractivity contribution in [2.24, 2.45) is 0 Å². The van der Waals surface area contributed by atoms with Gasteiger partial charge >= 0.3 is 0 Å². The molecule has 0 amide bonds. The highest BCUT2D eigenvalue weighted by Crippen LogP contribution is 2.29. The third-order valence-electron chi connectivity index (χ3n) is 3.23. The van der Waals surface area contributed by atoms with E-state index in [9.17, 15) is 0 Å². The minimum atomic E-state index is 0.0610. The Balaban J connectivity index is 2.33. The lowest BCUT2D eigenvalue weighted by atomic mass is 10.0. The summed E-state index contributed by atoms with van der Waals surface area (Å²) in [6.07, 6.45) is 1.08. The van der Waals surface area contributed by atoms with Crippen molar-refractivity contribution in [2.45, 2.75) is 26.3 Å². The third-order valence-corrected chi connectivity index (χ3v) is 3.66. The number of benzene rings is 1. The van der Waals surface area contributed by atoms with Gasteiger partial charge in [-0.15, -0.1) is 0 Å². The Kier molecular flexibility index (Phi) is 5.26. The molecule has 0 fully saturated rings. The van der Waals surface area contributed by atoms with Crippen LogP contribution < -0.4 is 10.1 Å². The molecule has 1 N–H and O–H groups in total. The fourth-order valence-corrected chi connectivity index (χ4v) is 2.56. The Morgan fingerprint density at radius 3 is 2.65 bits per heavy atom. The monoisotopic (exact) mass is 337 g/mol. The zero-order chi connectivity index (χ0) is 14.5. The highest BCUT2D eigenvalue weighted by Gasteiger charge is 2.18. The molecule has 1 aromatic heterocycles. The van der Waals surface area contributed by atoms with Gasteiger partial charge in [-0.05, 0) is 65.1 Å². The Hall–Kier alpha value is -1.26. The molecule has 20 heavy (non-hydrogen) atoms. The van der Waals surface area contributed by atoms with Gasteiger partial charge in [0.2, 0.25) is 0 Å². The molecule has 1 unspecified atom stereocenters. The van der Waals surface area contributed by atoms with Crippen LogP contribution in [0.3, 0.4) is 0 Å². The molecule has 0 aliphatic rings. The first-order valence-electron chi connectivity index (χ1n) is 6.79. The lowest BCUT2D eigenvalue weighted by Crippen LogP contribution is -2.22. The summed E-state index contributed by atoms with van der Waals surface area (Å²) in [6, 6.07) is 10.2. The summed E-state index contributed by atoms with van der Waals surface area (Å²) in [6.45, 7) is 5.15. The largest absolute Gasteiger partial charge is 0.496 e. The molecular formula is C16H20BrNO2. The summed E-state index contributed by atoms with van der Waals surface area (Å²) in [4.78, 5) is 0. The number of halogens is 1. The second-order valence-corrected chi connectivity index (χ2v) is 5.54. The van der Waals surface area contributed by atoms with Crippen molar-refractivity contribution < 1.29 is 9.15 Å². The van der Waals surface area contributed by atoms with E-state index in [0.29, 0.717) is 0 Å². The minimum Gasteiger partial charge on any atom is -0.496 e. The third kappa shape index (κ3) is 3.44. The number of aryl methyl sites for hydroxylation is 1. The van der Waals surface area contributed by atoms with E-state index in [-0.39, 0.29) is 6.04 Å². The molecule has 0 spiro atoms. The molecular weight excluding hydrogens is 318 g/mol. The second kappa shape index (κ2) is 6.95. The van der Waals surface area contributed by atoms with Crippen LogP contribution in [0.4, 0.5) is 0 Å². The summed E-state index contributed by atoms with van der Waals surface area (Å²) < 4.78 is 11.8. The van der Waals surface area contributed by atoms with Crippen LogP contribution in [0.25, 0.3) is 0 Å². The van der Waals surface area contributed by atoms with Crippen LogP contribution in [0.15, 0.2) is 39.4 Å². The summed E-state index contributed by atoms with van der Waals surface area (Å²) in [5.74, 6) is 1.82. The van der Waals surface area contributed by atoms with Gasteiger partial charge in [0.15, 0.2) is 4.67 Å². The number of furan rings is 1. The molecule has 0 saturated heterocycles. The average molecular weight is 338 g/mol. The van der Waals surface area contributed by atoms with Gasteiger partial charge in [0.25, 0.3) is 0 Å². The van der Waals surface area contributed by atoms with E-state index in [1.807, 2.05) is 18.2 Å². The molecule has 108 valence electrons. The molecule has 3 nitrogen and oxygen atoms in total. The van der Waals surface area contributed by atoms with Crippen molar-refractivity contribution >= 4 is 15.9 Å². The maximum atomic E-state index is 5.72. The van der Waals surface area contributed by atoms with Crippen LogP contribution in [0.2, 0.25) is 0 Å². The van der Waals surface area contributed by atoms with Gasteiger partial charge in [-0.3, -0.25) is 0 Å². The quantitative estimate of drug-likeness (QED) is 0.845. The van der Waals surface area contributed by atoms with Crippen molar-refractivity contribution in [1.29, 1.82) is 0 Å². The van der Waals surface area contributed by atoms with Gasteiger partial charge in [-0.1, -0.05) is 19.1 Å². The van der Waals surface area contributed by atoms with Gasteiger partial charge in [-0.25, -0.2) is 0 Å². The molecule has 0 bridgehead atoms. The molecule has 4 heteroatoms. The van der Waals surface area contributed by atoms with Crippen molar-refractivity contribution in [2.75, 3.05) is 13.7 Å². The number of hydrogen-bond acceptors (Lipinski definition) is 3. The van der Waals surface area contributed by atoms with Gasteiger partial charge in [0.1, 0.15) is 11.5 Å². The summed E-state index contributed by atoms with van der Waals surface area (Å²) in [5.41, 5.74) is 2.30. The van der Waals surface area contributed by atoms with Crippen molar-refractivity contribution in [3.8, 4) is 5.75 Å². The number of methoxy groups -OCH3 is 1. The van der Waals surface area contributed by atoms with Crippen LogP contribution in [0.1, 0.15) is 36.3 Å². The summed E-state index contributed by atoms with van der Waals surface area (Å²) >= 11 is 3.36. The topological polar surface area (TPSA) is 34.4 Å². The normalized spacial score (nSPS) is 12.4. The highest BCUT2D eigenvalue weighted by molar-refractivity contribution is 9.10. The fourth-order valence-electron chi connectivity index (χ4n) is 2.24. The first-order chi connectivity index (χ1) is 9.65. The van der Waals surface area contributed by atoms with Gasteiger partial charge in [0, 0.05) is 0 Å². The molecule has 1 heterocycles. The minimum absolute atomic E-state index is 0.0610. The van der Waals surface area contributed by atoms with E-state index < -0.39 is 0 Å². The van der Waals surface area contributed by atoms with E-state index in [4.69, 9.17) is 9.15 Å². The first kappa shape index (κ1) is 15.1. The maximum Gasteiger partial charge on any atom is 0.169 e. The predicted molar refractivity (Wildman–Crippen MR) is 84.3 cm³/mol. The first-order valence-corrected chi connectivity index (χ1v) is 7.58. The standard InChI is InChI=1S/C16H20BrNO2/c1-4-9-18-16(14-7-8-15(17)20-14)12-5-6-13(19-3)11(2)10-12/h5-8,10,16,18H,4,9H2,1-3H3. The van der Waals surface area contributed by atoms with Crippen LogP contribution in [0, 0.1) is 6.92 Å². The number of rotatable bonds is 6. The summed E-state index contributed by atoms with van der Waals surface area (Å²) in [5, 5.41) is 3.52. The fraction of sp³-hybridized carbons (Fsp3) is 0.375. The van der Waals surface area contributed by atoms with Gasteiger partial charge < -0.3 is 14.5 Å². The molecule has 2 rings (SSSR count). The SMILES string of the molecule is CCCNC(c1ccc(OC)c(C)c1)c1ccc(Br)o1. The number of ether oxygens (including phenoxy) is 1. The van der Waals surface area contributed by atoms with Gasteiger partial charge in [0.05, 0.1) is 13.2 Å². The molecule has 2 aromatic rings. The molecule has 0 radical (unpaired) electrons. The predicted octanol–water partition coefficient (Wildman–Crippen LogP) is 4.45. The average Bonchev–Trinajstić information content (AvgIpc) is 2.86. The molecule has 0 aliphatic carbocycles. The Bertz CT molecular complexity index is 565. The van der Waals surface area contributed by atoms with Crippen molar-refractivity contribution in [3.05, 3.63) is 51.9 Å². The molecule has 0 aliphatic heterocycles. The van der Waals surface area contributed by atoms with Crippen LogP contribution in [-0.2, 0) is 0 Å². The maximum absolute atomic E-state index is 5.72. The van der Waals surface area contributed by atoms with Crippen LogP contribution >= 0.6 is 15.9 Å². The molecule has 0 saturated carbocycles. The Morgan fingerprint density at radius 1 is 1.30 bits per heavy atom. The highest BCUT2D eigenvalue weighted by atomic mass is 79.9. The van der Waals surface area contributed by atoms with E-state index in [2.05, 4.69) is 47.2 Å². The Morgan fingerprint density at radius 2 is 2.10 bits per heavy atom. The van der Waals surface area contributed by atoms with E-state index in [1.165, 1.54) is 5.56 Å². The molecule has 1 atom stereocenters. The van der Waals surface area contributed by atoms with Crippen LogP contribution in [0.5, 0.6) is 5.75 Å². The summed E-state index contributed by atoms with van der Waals surface area (Å²) in [7, 11) is 1.69. The Labute approximate surface area is 128 Å². The second-order valence-electron chi connectivity index (χ2n) is 4.76. The van der Waals surface area contributed by atoms with E-state index >= 15 is 0 Å². The number of hydrogen-bond donors (Lipinski definition) is 1. The van der Waals surface area contributed by atoms with E-state index in [0.717, 1.165) is 34.7 Å². The van der Waals surface area contributed by atoms with E-state index in [1.54, 1.807) is 7.11 Å². The smallest absolute Gasteiger partial charge is 0.169 e. The van der Waals surface area contributed by atoms with Crippen molar-refractivity contribution in [1.82, 2.24) is 5.32 Å². The van der Waals surface area contributed by atoms with Crippen LogP contribution in [-0.4, -0.2) is 13.7 Å². The number of nitrogens with one attached hydrogen (secondary N) is 1. The van der Waals surface area contributed by atoms with Crippen molar-refractivity contribution in [3.63, 3.8) is 0 Å². The zero-order valence-electron chi connectivity index (χ0n) is 12.1. The lowest BCUT2D eigenvalue weighted by molar-refractivity contribution is 0.410. The lowest BCUT2D eigenvalue weighted by Gasteiger charge is -2.18. The zero-order valence-corrected chi connectivity index (χ0v) is 13.7.